The smallest absolute Gasteiger partial charge is 0.220 e. The molecule has 2 unspecified atom stereocenters. The predicted molar refractivity (Wildman–Crippen MR) is 83.7 cm³/mol. The molecule has 1 rings (SSSR count). The molecule has 1 saturated heterocycles. The molecule has 0 spiro atoms. The topological polar surface area (TPSA) is 41.1 Å². The van der Waals surface area contributed by atoms with Gasteiger partial charge in [-0.15, -0.1) is 12.4 Å². The van der Waals surface area contributed by atoms with Gasteiger partial charge in [0, 0.05) is 13.0 Å². The highest BCUT2D eigenvalue weighted by atomic mass is 35.5. The second kappa shape index (κ2) is 8.80. The van der Waals surface area contributed by atoms with Crippen molar-refractivity contribution < 1.29 is 4.79 Å². The number of rotatable bonds is 5. The van der Waals surface area contributed by atoms with Crippen LogP contribution in [0.4, 0.5) is 0 Å². The Labute approximate surface area is 124 Å². The molecule has 19 heavy (non-hydrogen) atoms. The zero-order chi connectivity index (χ0) is 13.6. The van der Waals surface area contributed by atoms with E-state index in [-0.39, 0.29) is 18.3 Å². The van der Waals surface area contributed by atoms with E-state index in [1.807, 2.05) is 0 Å². The van der Waals surface area contributed by atoms with Crippen LogP contribution in [0, 0.1) is 17.3 Å². The van der Waals surface area contributed by atoms with E-state index in [1.54, 1.807) is 0 Å². The lowest BCUT2D eigenvalue weighted by Crippen LogP contribution is -2.36. The molecule has 0 aromatic rings. The molecular formula is C15H31ClN2O. The quantitative estimate of drug-likeness (QED) is 0.817. The lowest BCUT2D eigenvalue weighted by atomic mass is 9.85. The summed E-state index contributed by atoms with van der Waals surface area (Å²) in [6.07, 6.45) is 4.23. The molecule has 0 aliphatic carbocycles. The summed E-state index contributed by atoms with van der Waals surface area (Å²) in [5.41, 5.74) is 0.298. The SMILES string of the molecule is CC(CC(=O)NCCC(C)(C)C)C1CCCNC1.Cl. The summed E-state index contributed by atoms with van der Waals surface area (Å²) in [6, 6.07) is 0. The average molecular weight is 291 g/mol. The number of piperidine rings is 1. The highest BCUT2D eigenvalue weighted by Gasteiger charge is 2.22. The van der Waals surface area contributed by atoms with Crippen LogP contribution in [-0.4, -0.2) is 25.5 Å². The number of amides is 1. The fourth-order valence-corrected chi connectivity index (χ4v) is 2.47. The summed E-state index contributed by atoms with van der Waals surface area (Å²) in [4.78, 5) is 11.9. The summed E-state index contributed by atoms with van der Waals surface area (Å²) < 4.78 is 0. The van der Waals surface area contributed by atoms with E-state index in [0.717, 1.165) is 26.1 Å². The Morgan fingerprint density at radius 3 is 2.63 bits per heavy atom. The molecular weight excluding hydrogens is 260 g/mol. The van der Waals surface area contributed by atoms with Gasteiger partial charge in [-0.3, -0.25) is 4.79 Å². The van der Waals surface area contributed by atoms with Crippen LogP contribution in [-0.2, 0) is 4.79 Å². The molecule has 0 aromatic heterocycles. The number of carbonyl (C=O) groups is 1. The number of nitrogens with one attached hydrogen (secondary N) is 2. The van der Waals surface area contributed by atoms with Gasteiger partial charge in [-0.2, -0.15) is 0 Å². The third-order valence-corrected chi connectivity index (χ3v) is 3.84. The summed E-state index contributed by atoms with van der Waals surface area (Å²) in [5.74, 6) is 1.39. The highest BCUT2D eigenvalue weighted by Crippen LogP contribution is 2.22. The summed E-state index contributed by atoms with van der Waals surface area (Å²) >= 11 is 0. The molecule has 1 heterocycles. The minimum Gasteiger partial charge on any atom is -0.356 e. The van der Waals surface area contributed by atoms with Crippen LogP contribution in [0.2, 0.25) is 0 Å². The van der Waals surface area contributed by atoms with Crippen molar-refractivity contribution in [3.8, 4) is 0 Å². The Hall–Kier alpha value is -0.280. The van der Waals surface area contributed by atoms with Gasteiger partial charge in [0.05, 0.1) is 0 Å². The van der Waals surface area contributed by atoms with Crippen LogP contribution >= 0.6 is 12.4 Å². The van der Waals surface area contributed by atoms with Gasteiger partial charge in [0.25, 0.3) is 0 Å². The molecule has 0 bridgehead atoms. The largest absolute Gasteiger partial charge is 0.356 e. The Bertz CT molecular complexity index is 257. The Morgan fingerprint density at radius 2 is 2.11 bits per heavy atom. The van der Waals surface area contributed by atoms with Crippen molar-refractivity contribution in [3.63, 3.8) is 0 Å². The summed E-state index contributed by atoms with van der Waals surface area (Å²) in [7, 11) is 0. The average Bonchev–Trinajstić information content (AvgIpc) is 2.28. The number of halogens is 1. The number of hydrogen-bond acceptors (Lipinski definition) is 2. The van der Waals surface area contributed by atoms with E-state index >= 15 is 0 Å². The first kappa shape index (κ1) is 18.7. The molecule has 2 atom stereocenters. The van der Waals surface area contributed by atoms with Gasteiger partial charge in [0.15, 0.2) is 0 Å². The zero-order valence-electron chi connectivity index (χ0n) is 12.9. The Kier molecular flexibility index (Phi) is 8.67. The first-order chi connectivity index (χ1) is 8.38. The second-order valence-corrected chi connectivity index (χ2v) is 6.95. The van der Waals surface area contributed by atoms with Gasteiger partial charge in [-0.25, -0.2) is 0 Å². The first-order valence-electron chi connectivity index (χ1n) is 7.36. The van der Waals surface area contributed by atoms with Crippen molar-refractivity contribution in [2.45, 2.75) is 53.4 Å². The van der Waals surface area contributed by atoms with Gasteiger partial charge in [0.2, 0.25) is 5.91 Å². The molecule has 3 nitrogen and oxygen atoms in total. The van der Waals surface area contributed by atoms with Crippen molar-refractivity contribution in [1.29, 1.82) is 0 Å². The van der Waals surface area contributed by atoms with E-state index in [9.17, 15) is 4.79 Å². The molecule has 1 fully saturated rings. The van der Waals surface area contributed by atoms with E-state index in [0.29, 0.717) is 23.7 Å². The van der Waals surface area contributed by atoms with Crippen LogP contribution in [0.3, 0.4) is 0 Å². The van der Waals surface area contributed by atoms with Crippen LogP contribution in [0.1, 0.15) is 53.4 Å². The van der Waals surface area contributed by atoms with Gasteiger partial charge in [0.1, 0.15) is 0 Å². The predicted octanol–water partition coefficient (Wildman–Crippen LogP) is 2.99. The van der Waals surface area contributed by atoms with Gasteiger partial charge < -0.3 is 10.6 Å². The monoisotopic (exact) mass is 290 g/mol. The van der Waals surface area contributed by atoms with E-state index < -0.39 is 0 Å². The third kappa shape index (κ3) is 8.48. The Balaban J connectivity index is 0.00000324. The van der Waals surface area contributed by atoms with E-state index in [1.165, 1.54) is 12.8 Å². The maximum Gasteiger partial charge on any atom is 0.220 e. The van der Waals surface area contributed by atoms with Crippen molar-refractivity contribution in [2.75, 3.05) is 19.6 Å². The van der Waals surface area contributed by atoms with E-state index in [4.69, 9.17) is 0 Å². The fourth-order valence-electron chi connectivity index (χ4n) is 2.47. The standard InChI is InChI=1S/C15H30N2O.ClH/c1-12(13-6-5-8-16-11-13)10-14(18)17-9-7-15(2,3)4;/h12-13,16H,5-11H2,1-4H3,(H,17,18);1H. The van der Waals surface area contributed by atoms with Crippen LogP contribution in [0.5, 0.6) is 0 Å². The minimum atomic E-state index is 0. The van der Waals surface area contributed by atoms with Gasteiger partial charge in [-0.1, -0.05) is 27.7 Å². The fraction of sp³-hybridized carbons (Fsp3) is 0.933. The molecule has 0 aromatic carbocycles. The highest BCUT2D eigenvalue weighted by molar-refractivity contribution is 5.85. The van der Waals surface area contributed by atoms with Crippen molar-refractivity contribution in [3.05, 3.63) is 0 Å². The molecule has 2 N–H and O–H groups in total. The summed E-state index contributed by atoms with van der Waals surface area (Å²) in [6.45, 7) is 11.8. The third-order valence-electron chi connectivity index (χ3n) is 3.84. The minimum absolute atomic E-state index is 0. The normalized spacial score (nSPS) is 21.4. The Morgan fingerprint density at radius 1 is 1.42 bits per heavy atom. The second-order valence-electron chi connectivity index (χ2n) is 6.95. The van der Waals surface area contributed by atoms with Crippen LogP contribution in [0.25, 0.3) is 0 Å². The molecule has 1 aliphatic rings. The molecule has 0 saturated carbocycles. The number of carbonyl (C=O) groups excluding carboxylic acids is 1. The van der Waals surface area contributed by atoms with Gasteiger partial charge >= 0.3 is 0 Å². The van der Waals surface area contributed by atoms with Crippen molar-refractivity contribution in [2.24, 2.45) is 17.3 Å². The molecule has 1 aliphatic heterocycles. The zero-order valence-corrected chi connectivity index (χ0v) is 13.7. The molecule has 114 valence electrons. The lowest BCUT2D eigenvalue weighted by molar-refractivity contribution is -0.122. The van der Waals surface area contributed by atoms with Crippen LogP contribution in [0.15, 0.2) is 0 Å². The van der Waals surface area contributed by atoms with Crippen LogP contribution < -0.4 is 10.6 Å². The molecule has 1 amide bonds. The molecule has 4 heteroatoms. The van der Waals surface area contributed by atoms with Gasteiger partial charge in [-0.05, 0) is 49.6 Å². The first-order valence-corrected chi connectivity index (χ1v) is 7.36. The maximum absolute atomic E-state index is 11.9. The summed E-state index contributed by atoms with van der Waals surface area (Å²) in [5, 5.41) is 6.47. The lowest BCUT2D eigenvalue weighted by Gasteiger charge is -2.28. The van der Waals surface area contributed by atoms with Crippen molar-refractivity contribution >= 4 is 18.3 Å². The molecule has 0 radical (unpaired) electrons. The van der Waals surface area contributed by atoms with Crippen molar-refractivity contribution in [1.82, 2.24) is 10.6 Å². The maximum atomic E-state index is 11.9. The number of hydrogen-bond donors (Lipinski definition) is 2. The van der Waals surface area contributed by atoms with E-state index in [2.05, 4.69) is 38.3 Å².